The second-order valence-electron chi connectivity index (χ2n) is 6.81. The van der Waals surface area contributed by atoms with Gasteiger partial charge in [-0.15, -0.1) is 24.5 Å². The number of aromatic nitrogens is 2. The number of thiazole rings is 1. The van der Waals surface area contributed by atoms with Gasteiger partial charge in [0.15, 0.2) is 0 Å². The maximum absolute atomic E-state index is 12.3. The van der Waals surface area contributed by atoms with Crippen molar-refractivity contribution in [2.45, 2.75) is 19.3 Å². The Morgan fingerprint density at radius 1 is 1.17 bits per heavy atom. The summed E-state index contributed by atoms with van der Waals surface area (Å²) in [4.78, 5) is 11.4. The van der Waals surface area contributed by atoms with Gasteiger partial charge in [-0.05, 0) is 43.3 Å². The van der Waals surface area contributed by atoms with Crippen LogP contribution in [0, 0.1) is 0 Å². The maximum Gasteiger partial charge on any atom is 0.573 e. The predicted molar refractivity (Wildman–Crippen MR) is 107 cm³/mol. The first-order valence-electron chi connectivity index (χ1n) is 9.14. The first-order chi connectivity index (χ1) is 13.9. The summed E-state index contributed by atoms with van der Waals surface area (Å²) < 4.78 is 40.8. The van der Waals surface area contributed by atoms with E-state index in [0.29, 0.717) is 11.7 Å². The van der Waals surface area contributed by atoms with Gasteiger partial charge < -0.3 is 15.0 Å². The summed E-state index contributed by atoms with van der Waals surface area (Å²) >= 11 is 1.49. The van der Waals surface area contributed by atoms with Crippen molar-refractivity contribution in [1.29, 1.82) is 0 Å². The van der Waals surface area contributed by atoms with Crippen LogP contribution in [0.5, 0.6) is 5.75 Å². The minimum Gasteiger partial charge on any atom is -0.406 e. The summed E-state index contributed by atoms with van der Waals surface area (Å²) in [5.74, 6) is 0.669. The minimum atomic E-state index is -4.70. The van der Waals surface area contributed by atoms with E-state index in [2.05, 4.69) is 31.8 Å². The van der Waals surface area contributed by atoms with Crippen molar-refractivity contribution in [2.24, 2.45) is 0 Å². The van der Waals surface area contributed by atoms with E-state index in [9.17, 15) is 13.2 Å². The molecular formula is C20H19F3N4OS. The summed E-state index contributed by atoms with van der Waals surface area (Å²) in [5, 5.41) is 6.14. The number of anilines is 1. The summed E-state index contributed by atoms with van der Waals surface area (Å²) in [6, 6.07) is 10.1. The van der Waals surface area contributed by atoms with Crippen LogP contribution in [0.4, 0.5) is 19.0 Å². The third-order valence-electron chi connectivity index (χ3n) is 4.57. The quantitative estimate of drug-likeness (QED) is 0.670. The number of benzene rings is 1. The molecule has 1 aliphatic heterocycles. The molecule has 0 spiro atoms. The van der Waals surface area contributed by atoms with Crippen LogP contribution in [0.15, 0.2) is 48.0 Å². The molecule has 2 aromatic heterocycles. The smallest absolute Gasteiger partial charge is 0.406 e. The fourth-order valence-corrected chi connectivity index (χ4v) is 4.06. The molecule has 3 aromatic rings. The Morgan fingerprint density at radius 3 is 2.69 bits per heavy atom. The van der Waals surface area contributed by atoms with Gasteiger partial charge in [0, 0.05) is 48.4 Å². The van der Waals surface area contributed by atoms with Crippen molar-refractivity contribution in [1.82, 2.24) is 15.3 Å². The second kappa shape index (κ2) is 8.00. The molecule has 0 bridgehead atoms. The molecule has 5 nitrogen and oxygen atoms in total. The van der Waals surface area contributed by atoms with Gasteiger partial charge in [0.25, 0.3) is 0 Å². The Bertz CT molecular complexity index is 974. The first kappa shape index (κ1) is 19.7. The highest BCUT2D eigenvalue weighted by atomic mass is 32.1. The fourth-order valence-electron chi connectivity index (χ4n) is 3.23. The van der Waals surface area contributed by atoms with Gasteiger partial charge in [-0.1, -0.05) is 0 Å². The number of nitrogens with zero attached hydrogens (tertiary/aromatic N) is 3. The van der Waals surface area contributed by atoms with E-state index < -0.39 is 6.36 Å². The molecule has 29 heavy (non-hydrogen) atoms. The van der Waals surface area contributed by atoms with Gasteiger partial charge in [0.1, 0.15) is 16.6 Å². The predicted octanol–water partition coefficient (Wildman–Crippen LogP) is 4.57. The normalized spacial score (nSPS) is 17.4. The number of pyridine rings is 1. The van der Waals surface area contributed by atoms with Crippen LogP contribution in [0.1, 0.15) is 6.92 Å². The molecule has 1 atom stereocenters. The van der Waals surface area contributed by atoms with Crippen LogP contribution >= 0.6 is 11.3 Å². The molecule has 152 valence electrons. The van der Waals surface area contributed by atoms with Crippen molar-refractivity contribution in [3.8, 4) is 27.6 Å². The molecule has 1 N–H and O–H groups in total. The van der Waals surface area contributed by atoms with Crippen LogP contribution in [-0.2, 0) is 0 Å². The molecular weight excluding hydrogens is 401 g/mol. The zero-order chi connectivity index (χ0) is 20.4. The number of rotatable bonds is 4. The third-order valence-corrected chi connectivity index (χ3v) is 5.46. The number of halogens is 3. The lowest BCUT2D eigenvalue weighted by molar-refractivity contribution is -0.274. The SMILES string of the molecule is C[C@H]1CN(c2cc(-c3nc(-c4ccc(OC(F)(F)F)cc4)cs3)ccn2)CCN1. The van der Waals surface area contributed by atoms with Gasteiger partial charge in [-0.25, -0.2) is 9.97 Å². The summed E-state index contributed by atoms with van der Waals surface area (Å²) in [6.07, 6.45) is -2.92. The highest BCUT2D eigenvalue weighted by molar-refractivity contribution is 7.13. The van der Waals surface area contributed by atoms with E-state index in [1.807, 2.05) is 17.5 Å². The largest absolute Gasteiger partial charge is 0.573 e. The van der Waals surface area contributed by atoms with Gasteiger partial charge in [-0.3, -0.25) is 0 Å². The maximum atomic E-state index is 12.3. The number of ether oxygens (including phenoxy) is 1. The Kier molecular flexibility index (Phi) is 5.42. The molecule has 0 radical (unpaired) electrons. The average molecular weight is 420 g/mol. The standard InChI is InChI=1S/C20H19F3N4OS/c1-13-11-27(9-8-24-13)18-10-15(6-7-25-18)19-26-17(12-29-19)14-2-4-16(5-3-14)28-20(21,22)23/h2-7,10,12-13,24H,8-9,11H2,1H3/t13-/m0/s1. The molecule has 3 heterocycles. The first-order valence-corrected chi connectivity index (χ1v) is 10.0. The summed E-state index contributed by atoms with van der Waals surface area (Å²) in [6.45, 7) is 4.86. The second-order valence-corrected chi connectivity index (χ2v) is 7.67. The Morgan fingerprint density at radius 2 is 1.97 bits per heavy atom. The lowest BCUT2D eigenvalue weighted by Gasteiger charge is -2.32. The number of hydrogen-bond acceptors (Lipinski definition) is 6. The lowest BCUT2D eigenvalue weighted by Crippen LogP contribution is -2.49. The molecule has 1 aliphatic rings. The average Bonchev–Trinajstić information content (AvgIpc) is 3.18. The van der Waals surface area contributed by atoms with E-state index in [-0.39, 0.29) is 5.75 Å². The minimum absolute atomic E-state index is 0.249. The monoisotopic (exact) mass is 420 g/mol. The van der Waals surface area contributed by atoms with Crippen LogP contribution in [0.25, 0.3) is 21.8 Å². The van der Waals surface area contributed by atoms with E-state index in [4.69, 9.17) is 0 Å². The van der Waals surface area contributed by atoms with Crippen LogP contribution in [0.3, 0.4) is 0 Å². The van der Waals surface area contributed by atoms with E-state index in [1.54, 1.807) is 18.3 Å². The fraction of sp³-hybridized carbons (Fsp3) is 0.300. The molecule has 0 saturated carbocycles. The lowest BCUT2D eigenvalue weighted by atomic mass is 10.1. The zero-order valence-corrected chi connectivity index (χ0v) is 16.4. The molecule has 1 saturated heterocycles. The molecule has 9 heteroatoms. The summed E-state index contributed by atoms with van der Waals surface area (Å²) in [5.41, 5.74) is 2.40. The third kappa shape index (κ3) is 4.86. The number of hydrogen-bond donors (Lipinski definition) is 1. The Balaban J connectivity index is 1.52. The molecule has 4 rings (SSSR count). The topological polar surface area (TPSA) is 50.3 Å². The van der Waals surface area contributed by atoms with Crippen LogP contribution < -0.4 is 15.0 Å². The Hall–Kier alpha value is -2.65. The van der Waals surface area contributed by atoms with Crippen molar-refractivity contribution in [3.63, 3.8) is 0 Å². The van der Waals surface area contributed by atoms with Crippen molar-refractivity contribution < 1.29 is 17.9 Å². The van der Waals surface area contributed by atoms with Crippen molar-refractivity contribution >= 4 is 17.2 Å². The molecule has 0 aliphatic carbocycles. The van der Waals surface area contributed by atoms with Crippen LogP contribution in [-0.4, -0.2) is 42.0 Å². The number of piperazine rings is 1. The number of alkyl halides is 3. The van der Waals surface area contributed by atoms with Gasteiger partial charge in [-0.2, -0.15) is 0 Å². The molecule has 1 aromatic carbocycles. The molecule has 0 amide bonds. The van der Waals surface area contributed by atoms with Crippen molar-refractivity contribution in [3.05, 3.63) is 48.0 Å². The zero-order valence-electron chi connectivity index (χ0n) is 15.6. The molecule has 1 fully saturated rings. The summed E-state index contributed by atoms with van der Waals surface area (Å²) in [7, 11) is 0. The molecule has 0 unspecified atom stereocenters. The highest BCUT2D eigenvalue weighted by Gasteiger charge is 2.31. The van der Waals surface area contributed by atoms with E-state index >= 15 is 0 Å². The number of nitrogens with one attached hydrogen (secondary N) is 1. The van der Waals surface area contributed by atoms with Crippen LogP contribution in [0.2, 0.25) is 0 Å². The van der Waals surface area contributed by atoms with Gasteiger partial charge >= 0.3 is 6.36 Å². The van der Waals surface area contributed by atoms with E-state index in [0.717, 1.165) is 41.6 Å². The van der Waals surface area contributed by atoms with Gasteiger partial charge in [0.05, 0.1) is 5.69 Å². The van der Waals surface area contributed by atoms with Crippen molar-refractivity contribution in [2.75, 3.05) is 24.5 Å². The Labute approximate surface area is 170 Å². The highest BCUT2D eigenvalue weighted by Crippen LogP contribution is 2.32. The van der Waals surface area contributed by atoms with E-state index in [1.165, 1.54) is 23.5 Å². The van der Waals surface area contributed by atoms with Gasteiger partial charge in [0.2, 0.25) is 0 Å².